The van der Waals surface area contributed by atoms with E-state index < -0.39 is 11.4 Å². The number of aromatic nitrogens is 1. The van der Waals surface area contributed by atoms with Crippen LogP contribution in [-0.4, -0.2) is 65.6 Å². The molecule has 1 saturated heterocycles. The van der Waals surface area contributed by atoms with Crippen LogP contribution in [0.15, 0.2) is 36.4 Å². The number of para-hydroxylation sites is 1. The fourth-order valence-corrected chi connectivity index (χ4v) is 4.95. The number of nitrogens with zero attached hydrogens (tertiary/aromatic N) is 2. The number of nitrogens with one attached hydrogen (secondary N) is 3. The lowest BCUT2D eigenvalue weighted by Gasteiger charge is -2.27. The minimum Gasteiger partial charge on any atom is -0.593 e. The topological polar surface area (TPSA) is 120 Å². The van der Waals surface area contributed by atoms with Gasteiger partial charge < -0.3 is 34.1 Å². The molecular weight excluding hydrogens is 506 g/mol. The molecule has 4 rings (SSSR count). The van der Waals surface area contributed by atoms with Crippen LogP contribution in [0.2, 0.25) is 0 Å². The maximum Gasteiger partial charge on any atom is 0.322 e. The molecule has 2 aromatic carbocycles. The molecular formula is C27H35N5O5S. The zero-order valence-electron chi connectivity index (χ0n) is 22.6. The van der Waals surface area contributed by atoms with Gasteiger partial charge in [0.05, 0.1) is 48.6 Å². The molecule has 2 heterocycles. The quantitative estimate of drug-likeness (QED) is 0.400. The molecule has 3 aromatic rings. The number of urea groups is 1. The molecule has 0 aliphatic carbocycles. The second-order valence-electron chi connectivity index (χ2n) is 10.2. The molecule has 1 aliphatic rings. The van der Waals surface area contributed by atoms with Crippen LogP contribution < -0.4 is 20.1 Å². The predicted octanol–water partition coefficient (Wildman–Crippen LogP) is 4.31. The second kappa shape index (κ2) is 11.1. The number of carbonyl (C=O) groups excluding carboxylic acids is 2. The van der Waals surface area contributed by atoms with Gasteiger partial charge in [0.15, 0.2) is 5.75 Å². The molecule has 204 valence electrons. The van der Waals surface area contributed by atoms with Crippen LogP contribution in [0.4, 0.5) is 21.9 Å². The highest BCUT2D eigenvalue weighted by molar-refractivity contribution is 7.92. The monoisotopic (exact) mass is 541 g/mol. The van der Waals surface area contributed by atoms with Gasteiger partial charge in [0.25, 0.3) is 5.91 Å². The number of rotatable bonds is 6. The molecule has 1 aromatic heterocycles. The summed E-state index contributed by atoms with van der Waals surface area (Å²) >= 11 is -1.34. The van der Waals surface area contributed by atoms with E-state index in [1.807, 2.05) is 30.3 Å². The van der Waals surface area contributed by atoms with E-state index >= 15 is 0 Å². The fourth-order valence-electron chi connectivity index (χ4n) is 4.49. The summed E-state index contributed by atoms with van der Waals surface area (Å²) < 4.78 is 27.6. The van der Waals surface area contributed by atoms with Crippen LogP contribution in [0.5, 0.6) is 5.75 Å². The van der Waals surface area contributed by atoms with Crippen molar-refractivity contribution in [3.05, 3.63) is 47.7 Å². The first-order valence-corrected chi connectivity index (χ1v) is 13.9. The van der Waals surface area contributed by atoms with Crippen molar-refractivity contribution in [2.45, 2.75) is 26.2 Å². The Morgan fingerprint density at radius 3 is 2.37 bits per heavy atom. The summed E-state index contributed by atoms with van der Waals surface area (Å²) in [5, 5.41) is 6.79. The van der Waals surface area contributed by atoms with Crippen molar-refractivity contribution in [1.29, 1.82) is 0 Å². The van der Waals surface area contributed by atoms with E-state index in [1.54, 1.807) is 22.6 Å². The largest absolute Gasteiger partial charge is 0.593 e. The lowest BCUT2D eigenvalue weighted by molar-refractivity contribution is 0.0565. The summed E-state index contributed by atoms with van der Waals surface area (Å²) in [7, 11) is 3.30. The Kier molecular flexibility index (Phi) is 8.10. The van der Waals surface area contributed by atoms with E-state index in [0.29, 0.717) is 54.8 Å². The number of benzene rings is 2. The van der Waals surface area contributed by atoms with Crippen molar-refractivity contribution in [3.63, 3.8) is 0 Å². The van der Waals surface area contributed by atoms with Gasteiger partial charge in [-0.1, -0.05) is 32.9 Å². The third-order valence-corrected chi connectivity index (χ3v) is 7.00. The maximum atomic E-state index is 13.6. The number of anilines is 3. The van der Waals surface area contributed by atoms with E-state index in [4.69, 9.17) is 9.47 Å². The van der Waals surface area contributed by atoms with Crippen molar-refractivity contribution in [2.24, 2.45) is 7.05 Å². The predicted molar refractivity (Wildman–Crippen MR) is 152 cm³/mol. The van der Waals surface area contributed by atoms with Crippen molar-refractivity contribution >= 4 is 51.3 Å². The number of hydrogen-bond acceptors (Lipinski definition) is 6. The van der Waals surface area contributed by atoms with Crippen LogP contribution in [0, 0.1) is 0 Å². The molecule has 0 spiro atoms. The van der Waals surface area contributed by atoms with Gasteiger partial charge >= 0.3 is 6.03 Å². The number of amides is 3. The van der Waals surface area contributed by atoms with Gasteiger partial charge in [-0.3, -0.25) is 4.79 Å². The highest BCUT2D eigenvalue weighted by atomic mass is 32.2. The molecule has 1 atom stereocenters. The third kappa shape index (κ3) is 5.85. The Labute approximate surface area is 226 Å². The first kappa shape index (κ1) is 27.6. The van der Waals surface area contributed by atoms with Gasteiger partial charge in [0.2, 0.25) is 0 Å². The number of hydrogen-bond donors (Lipinski definition) is 3. The number of aryl methyl sites for hydroxylation is 1. The zero-order valence-corrected chi connectivity index (χ0v) is 23.5. The highest BCUT2D eigenvalue weighted by Crippen LogP contribution is 2.39. The molecule has 1 unspecified atom stereocenters. The minimum atomic E-state index is -1.34. The lowest BCUT2D eigenvalue weighted by atomic mass is 9.86. The van der Waals surface area contributed by atoms with E-state index in [1.165, 1.54) is 13.4 Å². The number of fused-ring (bicyclic) bond motifs is 1. The van der Waals surface area contributed by atoms with Crippen LogP contribution >= 0.6 is 0 Å². The van der Waals surface area contributed by atoms with E-state index in [0.717, 1.165) is 16.5 Å². The second-order valence-corrected chi connectivity index (χ2v) is 11.3. The zero-order chi connectivity index (χ0) is 27.6. The summed E-state index contributed by atoms with van der Waals surface area (Å²) in [6.07, 6.45) is 1.53. The number of methoxy groups -OCH3 is 1. The average Bonchev–Trinajstić information content (AvgIpc) is 3.21. The van der Waals surface area contributed by atoms with Gasteiger partial charge in [-0.05, 0) is 35.2 Å². The average molecular weight is 542 g/mol. The summed E-state index contributed by atoms with van der Waals surface area (Å²) in [6, 6.07) is 10.9. The highest BCUT2D eigenvalue weighted by Gasteiger charge is 2.24. The smallest absolute Gasteiger partial charge is 0.322 e. The van der Waals surface area contributed by atoms with E-state index in [-0.39, 0.29) is 17.4 Å². The normalized spacial score (nSPS) is 14.8. The third-order valence-electron chi connectivity index (χ3n) is 6.49. The summed E-state index contributed by atoms with van der Waals surface area (Å²) in [5.74, 6) is 0.0425. The Morgan fingerprint density at radius 2 is 1.74 bits per heavy atom. The maximum absolute atomic E-state index is 13.6. The van der Waals surface area contributed by atoms with Crippen molar-refractivity contribution < 1.29 is 23.6 Å². The van der Waals surface area contributed by atoms with Gasteiger partial charge in [-0.2, -0.15) is 0 Å². The first-order chi connectivity index (χ1) is 18.0. The van der Waals surface area contributed by atoms with Gasteiger partial charge in [0, 0.05) is 25.5 Å². The standard InChI is InChI=1S/C27H35N5O5S/c1-27(2,3)18-15-20(24(36-5)21(16-18)30-38(6)35)28-25(33)22-14-17-8-7-9-19(23(17)31(22)4)29-26(34)32-10-12-37-13-11-32/h7-9,14-16,30H,10-13H2,1-6H3,(H,28,33)(H,29,34). The molecule has 3 N–H and O–H groups in total. The molecule has 1 aliphatic heterocycles. The molecule has 0 radical (unpaired) electrons. The van der Waals surface area contributed by atoms with Crippen LogP contribution in [-0.2, 0) is 28.6 Å². The molecule has 38 heavy (non-hydrogen) atoms. The molecule has 0 saturated carbocycles. The fraction of sp³-hybridized carbons (Fsp3) is 0.407. The molecule has 10 nitrogen and oxygen atoms in total. The number of carbonyl (C=O) groups is 2. The Hall–Kier alpha value is -3.41. The first-order valence-electron chi connectivity index (χ1n) is 12.4. The molecule has 1 fully saturated rings. The van der Waals surface area contributed by atoms with E-state index in [2.05, 4.69) is 36.1 Å². The summed E-state index contributed by atoms with van der Waals surface area (Å²) in [6.45, 7) is 8.26. The van der Waals surface area contributed by atoms with Crippen molar-refractivity contribution in [3.8, 4) is 5.75 Å². The van der Waals surface area contributed by atoms with Gasteiger partial charge in [-0.15, -0.1) is 0 Å². The molecule has 0 bridgehead atoms. The molecule has 11 heteroatoms. The van der Waals surface area contributed by atoms with Gasteiger partial charge in [0.1, 0.15) is 17.6 Å². The van der Waals surface area contributed by atoms with E-state index in [9.17, 15) is 14.1 Å². The summed E-state index contributed by atoms with van der Waals surface area (Å²) in [5.41, 5.74) is 3.45. The Morgan fingerprint density at radius 1 is 1.05 bits per heavy atom. The van der Waals surface area contributed by atoms with Crippen molar-refractivity contribution in [1.82, 2.24) is 9.47 Å². The Bertz CT molecular complexity index is 1340. The molecule has 3 amide bonds. The minimum absolute atomic E-state index is 0.204. The van der Waals surface area contributed by atoms with Crippen LogP contribution in [0.1, 0.15) is 36.8 Å². The van der Waals surface area contributed by atoms with Crippen LogP contribution in [0.25, 0.3) is 10.9 Å². The van der Waals surface area contributed by atoms with Crippen LogP contribution in [0.3, 0.4) is 0 Å². The lowest BCUT2D eigenvalue weighted by Crippen LogP contribution is -2.43. The van der Waals surface area contributed by atoms with Gasteiger partial charge in [-0.25, -0.2) is 9.52 Å². The van der Waals surface area contributed by atoms with Crippen molar-refractivity contribution in [2.75, 3.05) is 55.0 Å². The Balaban J connectivity index is 1.68. The number of ether oxygens (including phenoxy) is 2. The summed E-state index contributed by atoms with van der Waals surface area (Å²) in [4.78, 5) is 28.1. The number of morpholine rings is 1. The SMILES string of the molecule is COc1c(NC(=O)c2cc3cccc(NC(=O)N4CCOCC4)c3n2C)cc(C(C)(C)C)cc1N[S+](C)[O-].